The first-order valence-corrected chi connectivity index (χ1v) is 13.3. The minimum atomic E-state index is -0.323. The molecule has 2 aromatic carbocycles. The predicted octanol–water partition coefficient (Wildman–Crippen LogP) is 4.18. The number of hydrogen-bond acceptors (Lipinski definition) is 5. The lowest BCUT2D eigenvalue weighted by atomic mass is 9.93. The minimum absolute atomic E-state index is 0.116. The van der Waals surface area contributed by atoms with Crippen LogP contribution in [0.15, 0.2) is 90.6 Å². The summed E-state index contributed by atoms with van der Waals surface area (Å²) in [7, 11) is 2.00. The summed E-state index contributed by atoms with van der Waals surface area (Å²) in [5, 5.41) is 18.0. The van der Waals surface area contributed by atoms with Crippen molar-refractivity contribution >= 4 is 16.8 Å². The molecule has 196 valence electrons. The van der Waals surface area contributed by atoms with Gasteiger partial charge in [0.1, 0.15) is 5.75 Å². The highest BCUT2D eigenvalue weighted by molar-refractivity contribution is 6.01. The predicted molar refractivity (Wildman–Crippen MR) is 150 cm³/mol. The molecule has 8 heteroatoms. The summed E-state index contributed by atoms with van der Waals surface area (Å²) in [6.07, 6.45) is 13.7. The van der Waals surface area contributed by atoms with Gasteiger partial charge in [-0.1, -0.05) is 35.9 Å². The second kappa shape index (κ2) is 9.32. The van der Waals surface area contributed by atoms with Crippen molar-refractivity contribution < 1.29 is 9.90 Å². The summed E-state index contributed by atoms with van der Waals surface area (Å²) >= 11 is 0. The molecular formula is C31H30N6O2. The van der Waals surface area contributed by atoms with Crippen molar-refractivity contribution in [2.24, 2.45) is 7.05 Å². The maximum Gasteiger partial charge on any atom is 0.252 e. The summed E-state index contributed by atoms with van der Waals surface area (Å²) in [6, 6.07) is 13.1. The molecule has 4 heterocycles. The van der Waals surface area contributed by atoms with Crippen LogP contribution in [0.1, 0.15) is 45.3 Å². The molecular weight excluding hydrogens is 488 g/mol. The summed E-state index contributed by atoms with van der Waals surface area (Å²) < 4.78 is 1.98. The van der Waals surface area contributed by atoms with Crippen LogP contribution in [0.3, 0.4) is 0 Å². The number of phenols is 1. The van der Waals surface area contributed by atoms with Gasteiger partial charge < -0.3 is 30.2 Å². The Hall–Kier alpha value is -4.56. The van der Waals surface area contributed by atoms with Crippen molar-refractivity contribution in [1.82, 2.24) is 30.1 Å². The fourth-order valence-corrected chi connectivity index (χ4v) is 6.10. The van der Waals surface area contributed by atoms with Crippen LogP contribution in [-0.2, 0) is 20.1 Å². The third kappa shape index (κ3) is 4.23. The van der Waals surface area contributed by atoms with E-state index in [9.17, 15) is 9.90 Å². The van der Waals surface area contributed by atoms with E-state index in [1.54, 1.807) is 18.2 Å². The van der Waals surface area contributed by atoms with Gasteiger partial charge in [-0.15, -0.1) is 0 Å². The molecule has 4 N–H and O–H groups in total. The Morgan fingerprint density at radius 3 is 2.92 bits per heavy atom. The number of imidazole rings is 1. The van der Waals surface area contributed by atoms with E-state index in [0.717, 1.165) is 52.9 Å². The van der Waals surface area contributed by atoms with E-state index in [1.807, 2.05) is 30.1 Å². The molecule has 2 unspecified atom stereocenters. The van der Waals surface area contributed by atoms with E-state index >= 15 is 0 Å². The molecule has 0 saturated heterocycles. The van der Waals surface area contributed by atoms with Gasteiger partial charge in [-0.2, -0.15) is 0 Å². The van der Waals surface area contributed by atoms with Crippen LogP contribution in [0.2, 0.25) is 0 Å². The zero-order valence-electron chi connectivity index (χ0n) is 21.7. The van der Waals surface area contributed by atoms with Crippen molar-refractivity contribution in [2.75, 3.05) is 6.54 Å². The van der Waals surface area contributed by atoms with E-state index < -0.39 is 0 Å². The molecule has 0 fully saturated rings. The second-order valence-electron chi connectivity index (χ2n) is 10.6. The SMILES string of the molecule is Cn1cnc(CN2C=CC3=CC=C(CNCc4[nH]c5ccccc5c4C4NC(=O)c5ccc(O)cc54)CC32)c1. The van der Waals surface area contributed by atoms with E-state index in [4.69, 9.17) is 0 Å². The van der Waals surface area contributed by atoms with Gasteiger partial charge in [0.05, 0.1) is 30.6 Å². The number of rotatable bonds is 7. The van der Waals surface area contributed by atoms with Crippen LogP contribution in [0.5, 0.6) is 5.75 Å². The third-order valence-corrected chi connectivity index (χ3v) is 7.95. The minimum Gasteiger partial charge on any atom is -0.508 e. The highest BCUT2D eigenvalue weighted by Crippen LogP contribution is 2.38. The number of aryl methyl sites for hydroxylation is 1. The average Bonchev–Trinajstić information content (AvgIpc) is 3.69. The second-order valence-corrected chi connectivity index (χ2v) is 10.6. The van der Waals surface area contributed by atoms with Gasteiger partial charge in [0.25, 0.3) is 5.91 Å². The van der Waals surface area contributed by atoms with Crippen molar-refractivity contribution in [3.05, 3.63) is 119 Å². The van der Waals surface area contributed by atoms with E-state index in [-0.39, 0.29) is 17.7 Å². The molecule has 0 spiro atoms. The quantitative estimate of drug-likeness (QED) is 0.294. The molecule has 2 atom stereocenters. The molecule has 4 aromatic rings. The number of aromatic nitrogens is 3. The number of carbonyl (C=O) groups is 1. The first kappa shape index (κ1) is 23.5. The third-order valence-electron chi connectivity index (χ3n) is 7.95. The molecule has 0 bridgehead atoms. The number of carbonyl (C=O) groups excluding carboxylic acids is 1. The van der Waals surface area contributed by atoms with E-state index in [1.165, 1.54) is 11.1 Å². The number of para-hydroxylation sites is 1. The highest BCUT2D eigenvalue weighted by atomic mass is 16.3. The van der Waals surface area contributed by atoms with Crippen LogP contribution in [0.25, 0.3) is 10.9 Å². The van der Waals surface area contributed by atoms with Gasteiger partial charge >= 0.3 is 0 Å². The van der Waals surface area contributed by atoms with Gasteiger partial charge in [0, 0.05) is 60.3 Å². The molecule has 1 aliphatic carbocycles. The van der Waals surface area contributed by atoms with Crippen LogP contribution < -0.4 is 10.6 Å². The largest absolute Gasteiger partial charge is 0.508 e. The molecule has 39 heavy (non-hydrogen) atoms. The number of aromatic hydroxyl groups is 1. The number of benzene rings is 2. The number of aromatic amines is 1. The molecule has 0 saturated carbocycles. The summed E-state index contributed by atoms with van der Waals surface area (Å²) in [6.45, 7) is 2.18. The Balaban J connectivity index is 1.09. The van der Waals surface area contributed by atoms with Crippen LogP contribution in [-0.4, -0.2) is 43.0 Å². The van der Waals surface area contributed by atoms with Gasteiger partial charge in [0.2, 0.25) is 0 Å². The molecule has 3 aliphatic rings. The zero-order chi connectivity index (χ0) is 26.5. The Morgan fingerprint density at radius 2 is 2.05 bits per heavy atom. The molecule has 0 radical (unpaired) electrons. The van der Waals surface area contributed by atoms with E-state index in [2.05, 4.69) is 68.3 Å². The van der Waals surface area contributed by atoms with Crippen molar-refractivity contribution in [3.8, 4) is 5.75 Å². The maximum absolute atomic E-state index is 12.7. The van der Waals surface area contributed by atoms with Gasteiger partial charge in [-0.25, -0.2) is 4.98 Å². The number of nitrogens with one attached hydrogen (secondary N) is 3. The summed E-state index contributed by atoms with van der Waals surface area (Å²) in [5.41, 5.74) is 8.27. The van der Waals surface area contributed by atoms with Crippen LogP contribution >= 0.6 is 0 Å². The summed E-state index contributed by atoms with van der Waals surface area (Å²) in [5.74, 6) is 0.0412. The molecule has 2 aliphatic heterocycles. The lowest BCUT2D eigenvalue weighted by Gasteiger charge is -2.29. The van der Waals surface area contributed by atoms with Crippen molar-refractivity contribution in [3.63, 3.8) is 0 Å². The Morgan fingerprint density at radius 1 is 1.15 bits per heavy atom. The topological polar surface area (TPSA) is 98.2 Å². The van der Waals surface area contributed by atoms with Gasteiger partial charge in [-0.05, 0) is 47.9 Å². The van der Waals surface area contributed by atoms with Crippen LogP contribution in [0, 0.1) is 0 Å². The maximum atomic E-state index is 12.7. The molecule has 1 amide bonds. The summed E-state index contributed by atoms with van der Waals surface area (Å²) in [4.78, 5) is 23.2. The number of hydrogen-bond donors (Lipinski definition) is 4. The fourth-order valence-electron chi connectivity index (χ4n) is 6.10. The Kier molecular flexibility index (Phi) is 5.63. The van der Waals surface area contributed by atoms with Gasteiger partial charge in [0.15, 0.2) is 0 Å². The van der Waals surface area contributed by atoms with Crippen LogP contribution in [0.4, 0.5) is 0 Å². The van der Waals surface area contributed by atoms with Gasteiger partial charge in [-0.3, -0.25) is 4.79 Å². The lowest BCUT2D eigenvalue weighted by Crippen LogP contribution is -2.31. The number of fused-ring (bicyclic) bond motifs is 3. The number of allylic oxidation sites excluding steroid dienone is 2. The average molecular weight is 519 g/mol. The first-order valence-electron chi connectivity index (χ1n) is 13.3. The lowest BCUT2D eigenvalue weighted by molar-refractivity contribution is 0.0960. The zero-order valence-corrected chi connectivity index (χ0v) is 21.7. The smallest absolute Gasteiger partial charge is 0.252 e. The molecule has 7 rings (SSSR count). The number of phenolic OH excluding ortho intramolecular Hbond substituents is 1. The molecule has 2 aromatic heterocycles. The monoisotopic (exact) mass is 518 g/mol. The van der Waals surface area contributed by atoms with E-state index in [0.29, 0.717) is 18.2 Å². The molecule has 8 nitrogen and oxygen atoms in total. The fraction of sp³-hybridized carbons (Fsp3) is 0.226. The Labute approximate surface area is 226 Å². The van der Waals surface area contributed by atoms with Crippen molar-refractivity contribution in [2.45, 2.75) is 31.6 Å². The first-order chi connectivity index (χ1) is 19.0. The number of nitrogens with zero attached hydrogens (tertiary/aromatic N) is 3. The Bertz CT molecular complexity index is 1690. The van der Waals surface area contributed by atoms with Crippen molar-refractivity contribution in [1.29, 1.82) is 0 Å². The number of amides is 1. The standard InChI is InChI=1S/C31H30N6O2/c1-36-16-21(33-18-36)17-37-11-10-20-7-6-19(12-28(20)37)14-32-15-27-29(24-4-2-3-5-26(24)34-27)30-25-13-22(38)8-9-23(25)31(39)35-30/h2-11,13,16,18,28,30,32,34,38H,12,14-15,17H2,1H3,(H,35,39). The number of H-pyrrole nitrogens is 1. The normalized spacial score (nSPS) is 19.7. The highest BCUT2D eigenvalue weighted by Gasteiger charge is 2.33.